The summed E-state index contributed by atoms with van der Waals surface area (Å²) >= 11 is 3.25. The Morgan fingerprint density at radius 1 is 1.45 bits per heavy atom. The summed E-state index contributed by atoms with van der Waals surface area (Å²) in [5.41, 5.74) is 7.65. The minimum absolute atomic E-state index is 0.298. The number of hydrogen-bond acceptors (Lipinski definition) is 2. The highest BCUT2D eigenvalue weighted by atomic mass is 79.9. The number of anilines is 1. The minimum atomic E-state index is -0.298. The molecule has 1 aromatic carbocycles. The van der Waals surface area contributed by atoms with Crippen LogP contribution in [0.15, 0.2) is 16.6 Å². The maximum Gasteiger partial charge on any atom is 0.201 e. The number of nitrogen functional groups attached to an aromatic ring is 1. The first-order valence-electron chi connectivity index (χ1n) is 7.15. The molecule has 1 saturated carbocycles. The molecule has 0 bridgehead atoms. The van der Waals surface area contributed by atoms with Crippen LogP contribution in [0.2, 0.25) is 0 Å². The van der Waals surface area contributed by atoms with Gasteiger partial charge in [0, 0.05) is 12.1 Å². The molecule has 3 nitrogen and oxygen atoms in total. The number of nitrogens with two attached hydrogens (primary N) is 1. The highest BCUT2D eigenvalue weighted by Gasteiger charge is 2.34. The summed E-state index contributed by atoms with van der Waals surface area (Å²) in [4.78, 5) is 4.32. The summed E-state index contributed by atoms with van der Waals surface area (Å²) in [5, 5.41) is 0. The molecule has 0 saturated heterocycles. The molecule has 108 valence electrons. The number of imidazole rings is 1. The number of benzene rings is 1. The molecule has 2 aromatic rings. The third-order valence-corrected chi connectivity index (χ3v) is 5.41. The minimum Gasteiger partial charge on any atom is -0.369 e. The van der Waals surface area contributed by atoms with E-state index in [0.717, 1.165) is 17.9 Å². The summed E-state index contributed by atoms with van der Waals surface area (Å²) in [6, 6.07) is 3.60. The van der Waals surface area contributed by atoms with Gasteiger partial charge in [0.1, 0.15) is 5.82 Å². The van der Waals surface area contributed by atoms with Gasteiger partial charge in [-0.15, -0.1) is 0 Å². The zero-order chi connectivity index (χ0) is 14.4. The lowest BCUT2D eigenvalue weighted by Gasteiger charge is -2.22. The van der Waals surface area contributed by atoms with E-state index in [2.05, 4.69) is 39.3 Å². The van der Waals surface area contributed by atoms with Crippen LogP contribution in [0.1, 0.15) is 39.2 Å². The zero-order valence-electron chi connectivity index (χ0n) is 11.7. The van der Waals surface area contributed by atoms with Crippen LogP contribution in [0.25, 0.3) is 11.0 Å². The van der Waals surface area contributed by atoms with E-state index in [0.29, 0.717) is 27.9 Å². The number of rotatable bonds is 2. The topological polar surface area (TPSA) is 43.8 Å². The standard InChI is InChI=1S/C15H19BrFN3/c1-3-9-4-5-13(8(9)2)20-14-6-10(16)11(17)7-12(14)19-15(20)18/h6-9,13H,3-5H2,1-2H3,(H2,18,19). The third-order valence-electron chi connectivity index (χ3n) is 4.80. The van der Waals surface area contributed by atoms with Gasteiger partial charge < -0.3 is 10.3 Å². The molecule has 3 unspecified atom stereocenters. The molecule has 3 rings (SSSR count). The van der Waals surface area contributed by atoms with Crippen LogP contribution in [0, 0.1) is 17.7 Å². The molecule has 3 atom stereocenters. The molecule has 5 heteroatoms. The number of nitrogens with zero attached hydrogens (tertiary/aromatic N) is 2. The highest BCUT2D eigenvalue weighted by molar-refractivity contribution is 9.10. The number of halogens is 2. The van der Waals surface area contributed by atoms with Crippen LogP contribution >= 0.6 is 15.9 Å². The van der Waals surface area contributed by atoms with Crippen LogP contribution in [0.5, 0.6) is 0 Å². The van der Waals surface area contributed by atoms with Crippen LogP contribution in [-0.4, -0.2) is 9.55 Å². The zero-order valence-corrected chi connectivity index (χ0v) is 13.3. The van der Waals surface area contributed by atoms with E-state index in [1.165, 1.54) is 18.9 Å². The Hall–Kier alpha value is -1.10. The van der Waals surface area contributed by atoms with Crippen molar-refractivity contribution < 1.29 is 4.39 Å². The van der Waals surface area contributed by atoms with Gasteiger partial charge in [-0.05, 0) is 46.7 Å². The number of aromatic nitrogens is 2. The molecule has 0 amide bonds. The van der Waals surface area contributed by atoms with Crippen LogP contribution < -0.4 is 5.73 Å². The molecule has 1 fully saturated rings. The van der Waals surface area contributed by atoms with Gasteiger partial charge in [0.15, 0.2) is 0 Å². The highest BCUT2D eigenvalue weighted by Crippen LogP contribution is 2.44. The van der Waals surface area contributed by atoms with Gasteiger partial charge in [-0.1, -0.05) is 20.3 Å². The van der Waals surface area contributed by atoms with E-state index in [4.69, 9.17) is 5.73 Å². The van der Waals surface area contributed by atoms with Crippen LogP contribution in [0.3, 0.4) is 0 Å². The Bertz CT molecular complexity index is 652. The van der Waals surface area contributed by atoms with Crippen molar-refractivity contribution in [3.8, 4) is 0 Å². The van der Waals surface area contributed by atoms with Crippen molar-refractivity contribution in [1.82, 2.24) is 9.55 Å². The summed E-state index contributed by atoms with van der Waals surface area (Å²) in [6.45, 7) is 4.53. The van der Waals surface area contributed by atoms with Gasteiger partial charge in [0.05, 0.1) is 15.5 Å². The van der Waals surface area contributed by atoms with Gasteiger partial charge in [0.2, 0.25) is 5.95 Å². The summed E-state index contributed by atoms with van der Waals surface area (Å²) < 4.78 is 16.2. The Morgan fingerprint density at radius 3 is 2.85 bits per heavy atom. The van der Waals surface area contributed by atoms with Crippen molar-refractivity contribution in [3.63, 3.8) is 0 Å². The number of hydrogen-bond donors (Lipinski definition) is 1. The van der Waals surface area contributed by atoms with Crippen molar-refractivity contribution in [3.05, 3.63) is 22.4 Å². The molecule has 20 heavy (non-hydrogen) atoms. The maximum atomic E-state index is 13.6. The second-order valence-electron chi connectivity index (χ2n) is 5.77. The molecular weight excluding hydrogens is 321 g/mol. The SMILES string of the molecule is CCC1CCC(n2c(N)nc3cc(F)c(Br)cc32)C1C. The van der Waals surface area contributed by atoms with Gasteiger partial charge in [0.25, 0.3) is 0 Å². The Labute approximate surface area is 126 Å². The average molecular weight is 340 g/mol. The second kappa shape index (κ2) is 5.02. The monoisotopic (exact) mass is 339 g/mol. The summed E-state index contributed by atoms with van der Waals surface area (Å²) in [5.74, 6) is 1.50. The lowest BCUT2D eigenvalue weighted by molar-refractivity contribution is 0.336. The molecule has 1 aliphatic rings. The quantitative estimate of drug-likeness (QED) is 0.874. The smallest absolute Gasteiger partial charge is 0.201 e. The lowest BCUT2D eigenvalue weighted by atomic mass is 9.93. The molecule has 1 aromatic heterocycles. The fraction of sp³-hybridized carbons (Fsp3) is 0.533. The van der Waals surface area contributed by atoms with Crippen LogP contribution in [0.4, 0.5) is 10.3 Å². The molecule has 0 aliphatic heterocycles. The largest absolute Gasteiger partial charge is 0.369 e. The van der Waals surface area contributed by atoms with Gasteiger partial charge in [-0.25, -0.2) is 9.37 Å². The third kappa shape index (κ3) is 2.03. The van der Waals surface area contributed by atoms with E-state index in [9.17, 15) is 4.39 Å². The maximum absolute atomic E-state index is 13.6. The molecule has 0 radical (unpaired) electrons. The predicted molar refractivity (Wildman–Crippen MR) is 83.0 cm³/mol. The normalized spacial score (nSPS) is 26.5. The number of fused-ring (bicyclic) bond motifs is 1. The van der Waals surface area contributed by atoms with Crippen molar-refractivity contribution in [2.75, 3.05) is 5.73 Å². The van der Waals surface area contributed by atoms with Crippen molar-refractivity contribution in [2.24, 2.45) is 11.8 Å². The summed E-state index contributed by atoms with van der Waals surface area (Å²) in [6.07, 6.45) is 3.54. The van der Waals surface area contributed by atoms with Gasteiger partial charge in [-0.2, -0.15) is 0 Å². The first-order valence-corrected chi connectivity index (χ1v) is 7.94. The molecule has 2 N–H and O–H groups in total. The van der Waals surface area contributed by atoms with E-state index >= 15 is 0 Å². The molecular formula is C15H19BrFN3. The van der Waals surface area contributed by atoms with E-state index < -0.39 is 0 Å². The summed E-state index contributed by atoms with van der Waals surface area (Å²) in [7, 11) is 0. The first kappa shape index (κ1) is 13.9. The molecule has 1 aliphatic carbocycles. The average Bonchev–Trinajstić information content (AvgIpc) is 2.90. The van der Waals surface area contributed by atoms with Crippen molar-refractivity contribution in [1.29, 1.82) is 0 Å². The van der Waals surface area contributed by atoms with Crippen LogP contribution in [-0.2, 0) is 0 Å². The first-order chi connectivity index (χ1) is 9.52. The molecule has 1 heterocycles. The predicted octanol–water partition coefficient (Wildman–Crippen LogP) is 4.52. The Morgan fingerprint density at radius 2 is 2.20 bits per heavy atom. The Balaban J connectivity index is 2.12. The fourth-order valence-electron chi connectivity index (χ4n) is 3.62. The van der Waals surface area contributed by atoms with E-state index in [1.54, 1.807) is 6.07 Å². The van der Waals surface area contributed by atoms with E-state index in [-0.39, 0.29) is 5.82 Å². The lowest BCUT2D eigenvalue weighted by Crippen LogP contribution is -2.17. The van der Waals surface area contributed by atoms with Crippen molar-refractivity contribution >= 4 is 32.9 Å². The van der Waals surface area contributed by atoms with E-state index in [1.807, 2.05) is 0 Å². The Kier molecular flexibility index (Phi) is 3.48. The van der Waals surface area contributed by atoms with Gasteiger partial charge >= 0.3 is 0 Å². The fourth-order valence-corrected chi connectivity index (χ4v) is 3.95. The molecule has 0 spiro atoms. The van der Waals surface area contributed by atoms with Gasteiger partial charge in [-0.3, -0.25) is 0 Å². The van der Waals surface area contributed by atoms with Crippen molar-refractivity contribution in [2.45, 2.75) is 39.2 Å². The second-order valence-corrected chi connectivity index (χ2v) is 6.62.